The molecule has 1 aliphatic carbocycles. The number of amides is 1. The average Bonchev–Trinajstić information content (AvgIpc) is 3.32. The summed E-state index contributed by atoms with van der Waals surface area (Å²) in [5, 5.41) is 9.20. The molecular weight excluding hydrogens is 282 g/mol. The monoisotopic (exact) mass is 305 g/mol. The van der Waals surface area contributed by atoms with Gasteiger partial charge in [0.1, 0.15) is 11.8 Å². The second-order valence-corrected chi connectivity index (χ2v) is 5.94. The van der Waals surface area contributed by atoms with Crippen molar-refractivity contribution in [2.45, 2.75) is 45.2 Å². The van der Waals surface area contributed by atoms with Crippen LogP contribution in [0, 0.1) is 5.92 Å². The first-order chi connectivity index (χ1) is 10.4. The molecule has 0 aromatic heterocycles. The Bertz CT molecular complexity index is 536. The third-order valence-electron chi connectivity index (χ3n) is 4.09. The van der Waals surface area contributed by atoms with Crippen molar-refractivity contribution in [3.8, 4) is 5.75 Å². The van der Waals surface area contributed by atoms with E-state index < -0.39 is 12.0 Å². The SMILES string of the molecule is COc1ccc(CC(C)C(=O)N(C2CC2)C(C)C(=O)O)cc1. The molecular formula is C17H23NO4. The Balaban J connectivity index is 2.04. The topological polar surface area (TPSA) is 66.8 Å². The summed E-state index contributed by atoms with van der Waals surface area (Å²) < 4.78 is 5.12. The summed E-state index contributed by atoms with van der Waals surface area (Å²) in [7, 11) is 1.61. The number of hydrogen-bond donors (Lipinski definition) is 1. The first-order valence-electron chi connectivity index (χ1n) is 7.62. The van der Waals surface area contributed by atoms with E-state index in [-0.39, 0.29) is 17.9 Å². The number of carboxylic acids is 1. The maximum atomic E-state index is 12.6. The fourth-order valence-corrected chi connectivity index (χ4v) is 2.62. The van der Waals surface area contributed by atoms with Gasteiger partial charge < -0.3 is 14.7 Å². The number of rotatable bonds is 7. The standard InChI is InChI=1S/C17H23NO4/c1-11(10-13-4-8-15(22-3)9-5-13)16(19)18(14-6-7-14)12(2)17(20)21/h4-5,8-9,11-12,14H,6-7,10H2,1-3H3,(H,20,21). The molecule has 1 aliphatic rings. The minimum atomic E-state index is -0.947. The second-order valence-electron chi connectivity index (χ2n) is 5.94. The zero-order valence-corrected chi connectivity index (χ0v) is 13.3. The van der Waals surface area contributed by atoms with Gasteiger partial charge in [-0.05, 0) is 43.9 Å². The smallest absolute Gasteiger partial charge is 0.326 e. The van der Waals surface area contributed by atoms with Crippen LogP contribution < -0.4 is 4.74 Å². The highest BCUT2D eigenvalue weighted by atomic mass is 16.5. The van der Waals surface area contributed by atoms with Gasteiger partial charge in [-0.25, -0.2) is 4.79 Å². The van der Waals surface area contributed by atoms with Crippen LogP contribution >= 0.6 is 0 Å². The van der Waals surface area contributed by atoms with E-state index in [0.717, 1.165) is 24.2 Å². The molecule has 0 saturated heterocycles. The second kappa shape index (κ2) is 6.81. The summed E-state index contributed by atoms with van der Waals surface area (Å²) in [4.78, 5) is 25.4. The van der Waals surface area contributed by atoms with E-state index >= 15 is 0 Å². The molecule has 5 heteroatoms. The van der Waals surface area contributed by atoms with Gasteiger partial charge in [-0.15, -0.1) is 0 Å². The lowest BCUT2D eigenvalue weighted by Crippen LogP contribution is -2.47. The molecule has 1 fully saturated rings. The molecule has 0 bridgehead atoms. The van der Waals surface area contributed by atoms with Crippen molar-refractivity contribution in [2.24, 2.45) is 5.92 Å². The zero-order chi connectivity index (χ0) is 16.3. The van der Waals surface area contributed by atoms with E-state index in [1.165, 1.54) is 0 Å². The quantitative estimate of drug-likeness (QED) is 0.839. The van der Waals surface area contributed by atoms with Gasteiger partial charge >= 0.3 is 5.97 Å². The summed E-state index contributed by atoms with van der Waals surface area (Å²) in [6.45, 7) is 3.44. The van der Waals surface area contributed by atoms with Gasteiger partial charge in [0.05, 0.1) is 7.11 Å². The van der Waals surface area contributed by atoms with Gasteiger partial charge in [-0.1, -0.05) is 19.1 Å². The van der Waals surface area contributed by atoms with Crippen molar-refractivity contribution in [1.82, 2.24) is 4.90 Å². The molecule has 2 atom stereocenters. The van der Waals surface area contributed by atoms with Crippen LogP contribution in [0.25, 0.3) is 0 Å². The van der Waals surface area contributed by atoms with E-state index in [0.29, 0.717) is 6.42 Å². The van der Waals surface area contributed by atoms with Crippen LogP contribution in [-0.2, 0) is 16.0 Å². The van der Waals surface area contributed by atoms with Crippen molar-refractivity contribution in [3.05, 3.63) is 29.8 Å². The molecule has 1 amide bonds. The van der Waals surface area contributed by atoms with Gasteiger partial charge in [0.25, 0.3) is 0 Å². The lowest BCUT2D eigenvalue weighted by atomic mass is 9.99. The van der Waals surface area contributed by atoms with Gasteiger partial charge in [-0.3, -0.25) is 4.79 Å². The first-order valence-corrected chi connectivity index (χ1v) is 7.62. The lowest BCUT2D eigenvalue weighted by molar-refractivity contribution is -0.151. The molecule has 5 nitrogen and oxygen atoms in total. The molecule has 2 rings (SSSR count). The van der Waals surface area contributed by atoms with Crippen LogP contribution in [0.1, 0.15) is 32.3 Å². The van der Waals surface area contributed by atoms with Crippen LogP contribution in [0.15, 0.2) is 24.3 Å². The highest BCUT2D eigenvalue weighted by Crippen LogP contribution is 2.30. The molecule has 1 N–H and O–H groups in total. The van der Waals surface area contributed by atoms with E-state index in [1.54, 1.807) is 18.9 Å². The van der Waals surface area contributed by atoms with Crippen molar-refractivity contribution < 1.29 is 19.4 Å². The highest BCUT2D eigenvalue weighted by molar-refractivity contribution is 5.85. The maximum Gasteiger partial charge on any atom is 0.326 e. The van der Waals surface area contributed by atoms with Crippen molar-refractivity contribution >= 4 is 11.9 Å². The number of carboxylic acid groups (broad SMARTS) is 1. The Hall–Kier alpha value is -2.04. The number of hydrogen-bond acceptors (Lipinski definition) is 3. The Morgan fingerprint density at radius 1 is 1.27 bits per heavy atom. The van der Waals surface area contributed by atoms with Crippen LogP contribution in [0.4, 0.5) is 0 Å². The predicted octanol–water partition coefficient (Wildman–Crippen LogP) is 2.34. The maximum absolute atomic E-state index is 12.6. The largest absolute Gasteiger partial charge is 0.497 e. The minimum Gasteiger partial charge on any atom is -0.497 e. The summed E-state index contributed by atoms with van der Waals surface area (Å²) in [5.41, 5.74) is 1.04. The molecule has 120 valence electrons. The number of carbonyl (C=O) groups excluding carboxylic acids is 1. The van der Waals surface area contributed by atoms with Gasteiger partial charge in [0.2, 0.25) is 5.91 Å². The van der Waals surface area contributed by atoms with E-state index in [2.05, 4.69) is 0 Å². The molecule has 22 heavy (non-hydrogen) atoms. The molecule has 1 saturated carbocycles. The summed E-state index contributed by atoms with van der Waals surface area (Å²) >= 11 is 0. The van der Waals surface area contributed by atoms with Crippen LogP contribution in [-0.4, -0.2) is 41.1 Å². The summed E-state index contributed by atoms with van der Waals surface area (Å²) in [6.07, 6.45) is 2.40. The third kappa shape index (κ3) is 3.78. The number of aliphatic carboxylic acids is 1. The number of ether oxygens (including phenoxy) is 1. The number of carbonyl (C=O) groups is 2. The van der Waals surface area contributed by atoms with Crippen molar-refractivity contribution in [3.63, 3.8) is 0 Å². The molecule has 0 radical (unpaired) electrons. The fraction of sp³-hybridized carbons (Fsp3) is 0.529. The number of methoxy groups -OCH3 is 1. The van der Waals surface area contributed by atoms with Crippen molar-refractivity contribution in [1.29, 1.82) is 0 Å². The first kappa shape index (κ1) is 16.3. The van der Waals surface area contributed by atoms with Gasteiger partial charge in [0.15, 0.2) is 0 Å². The summed E-state index contributed by atoms with van der Waals surface area (Å²) in [5.74, 6) is -0.484. The minimum absolute atomic E-state index is 0.0757. The highest BCUT2D eigenvalue weighted by Gasteiger charge is 2.39. The molecule has 1 aromatic rings. The van der Waals surface area contributed by atoms with Crippen molar-refractivity contribution in [2.75, 3.05) is 7.11 Å². The normalized spacial score (nSPS) is 16.7. The fourth-order valence-electron chi connectivity index (χ4n) is 2.62. The van der Waals surface area contributed by atoms with Crippen LogP contribution in [0.3, 0.4) is 0 Å². The third-order valence-corrected chi connectivity index (χ3v) is 4.09. The molecule has 2 unspecified atom stereocenters. The molecule has 0 heterocycles. The zero-order valence-electron chi connectivity index (χ0n) is 13.3. The van der Waals surface area contributed by atoms with Gasteiger partial charge in [-0.2, -0.15) is 0 Å². The molecule has 0 aliphatic heterocycles. The van der Waals surface area contributed by atoms with Gasteiger partial charge in [0, 0.05) is 12.0 Å². The number of nitrogens with zero attached hydrogens (tertiary/aromatic N) is 1. The van der Waals surface area contributed by atoms with E-state index in [1.807, 2.05) is 31.2 Å². The Labute approximate surface area is 130 Å². The summed E-state index contributed by atoms with van der Waals surface area (Å²) in [6, 6.07) is 6.93. The molecule has 0 spiro atoms. The van der Waals surface area contributed by atoms with E-state index in [9.17, 15) is 14.7 Å². The predicted molar refractivity (Wildman–Crippen MR) is 82.8 cm³/mol. The Morgan fingerprint density at radius 2 is 1.86 bits per heavy atom. The Kier molecular flexibility index (Phi) is 5.06. The van der Waals surface area contributed by atoms with Crippen LogP contribution in [0.2, 0.25) is 0 Å². The van der Waals surface area contributed by atoms with E-state index in [4.69, 9.17) is 4.74 Å². The Morgan fingerprint density at radius 3 is 2.32 bits per heavy atom. The number of benzene rings is 1. The lowest BCUT2D eigenvalue weighted by Gasteiger charge is -2.29. The molecule has 1 aromatic carbocycles. The average molecular weight is 305 g/mol. The van der Waals surface area contributed by atoms with Crippen LogP contribution in [0.5, 0.6) is 5.75 Å².